The van der Waals surface area contributed by atoms with E-state index in [1.54, 1.807) is 11.9 Å². The summed E-state index contributed by atoms with van der Waals surface area (Å²) in [5.41, 5.74) is 5.04. The number of aromatic nitrogens is 1. The van der Waals surface area contributed by atoms with Gasteiger partial charge in [0.2, 0.25) is 0 Å². The van der Waals surface area contributed by atoms with Gasteiger partial charge in [0.15, 0.2) is 0 Å². The van der Waals surface area contributed by atoms with E-state index in [1.807, 2.05) is 0 Å². The lowest BCUT2D eigenvalue weighted by molar-refractivity contribution is -0.385. The number of morpholine rings is 1. The van der Waals surface area contributed by atoms with Crippen LogP contribution in [0.2, 0.25) is 0 Å². The number of nitrogens with two attached hydrogens (primary N) is 1. The van der Waals surface area contributed by atoms with Crippen LogP contribution in [-0.2, 0) is 4.74 Å². The standard InChI is InChI=1S/C12H17N5O4/c1-16(7-9-6-14-2-3-21-9)12-10(11(13)18)4-8(5-15-12)17(19)20/h4-5,9,14H,2-3,6-7H2,1H3,(H2,13,18). The molecular weight excluding hydrogens is 278 g/mol. The molecular formula is C12H17N5O4. The number of likely N-dealkylation sites (N-methyl/N-ethyl adjacent to an activating group) is 1. The number of amides is 1. The summed E-state index contributed by atoms with van der Waals surface area (Å²) in [6, 6.07) is 1.14. The van der Waals surface area contributed by atoms with Crippen LogP contribution in [0.15, 0.2) is 12.3 Å². The van der Waals surface area contributed by atoms with E-state index >= 15 is 0 Å². The van der Waals surface area contributed by atoms with E-state index < -0.39 is 10.8 Å². The predicted molar refractivity (Wildman–Crippen MR) is 75.3 cm³/mol. The van der Waals surface area contributed by atoms with Gasteiger partial charge in [-0.15, -0.1) is 0 Å². The molecule has 1 aromatic heterocycles. The summed E-state index contributed by atoms with van der Waals surface area (Å²) in [5, 5.41) is 13.9. The van der Waals surface area contributed by atoms with E-state index in [-0.39, 0.29) is 17.4 Å². The first-order chi connectivity index (χ1) is 9.99. The number of hydrogen-bond acceptors (Lipinski definition) is 7. The maximum absolute atomic E-state index is 11.5. The predicted octanol–water partition coefficient (Wildman–Crippen LogP) is -0.487. The van der Waals surface area contributed by atoms with Crippen molar-refractivity contribution in [2.45, 2.75) is 6.10 Å². The molecule has 0 aliphatic carbocycles. The zero-order valence-corrected chi connectivity index (χ0v) is 11.6. The molecule has 0 radical (unpaired) electrons. The third-order valence-electron chi connectivity index (χ3n) is 3.17. The van der Waals surface area contributed by atoms with Gasteiger partial charge in [-0.05, 0) is 0 Å². The van der Waals surface area contributed by atoms with E-state index in [2.05, 4.69) is 10.3 Å². The van der Waals surface area contributed by atoms with E-state index in [4.69, 9.17) is 10.5 Å². The first-order valence-electron chi connectivity index (χ1n) is 6.46. The van der Waals surface area contributed by atoms with Crippen LogP contribution in [0.4, 0.5) is 11.5 Å². The Morgan fingerprint density at radius 3 is 3.05 bits per heavy atom. The lowest BCUT2D eigenvalue weighted by Crippen LogP contribution is -2.45. The lowest BCUT2D eigenvalue weighted by Gasteiger charge is -2.29. The van der Waals surface area contributed by atoms with Crippen molar-refractivity contribution in [2.75, 3.05) is 38.2 Å². The molecule has 2 rings (SSSR count). The van der Waals surface area contributed by atoms with Gasteiger partial charge in [0.1, 0.15) is 12.0 Å². The topological polar surface area (TPSA) is 124 Å². The Labute approximate surface area is 121 Å². The fourth-order valence-corrected chi connectivity index (χ4v) is 2.16. The molecule has 2 heterocycles. The van der Waals surface area contributed by atoms with Gasteiger partial charge in [0.05, 0.1) is 23.2 Å². The molecule has 3 N–H and O–H groups in total. The molecule has 1 fully saturated rings. The second kappa shape index (κ2) is 6.46. The molecule has 21 heavy (non-hydrogen) atoms. The van der Waals surface area contributed by atoms with Crippen molar-refractivity contribution in [2.24, 2.45) is 5.73 Å². The van der Waals surface area contributed by atoms with E-state index in [0.29, 0.717) is 25.5 Å². The fourth-order valence-electron chi connectivity index (χ4n) is 2.16. The number of carbonyl (C=O) groups is 1. The van der Waals surface area contributed by atoms with Crippen molar-refractivity contribution in [3.8, 4) is 0 Å². The molecule has 1 saturated heterocycles. The Morgan fingerprint density at radius 1 is 1.71 bits per heavy atom. The molecule has 1 unspecified atom stereocenters. The third kappa shape index (κ3) is 3.64. The summed E-state index contributed by atoms with van der Waals surface area (Å²) in [5.74, 6) is -0.446. The SMILES string of the molecule is CN(CC1CNCCO1)c1ncc([N+](=O)[O-])cc1C(N)=O. The number of nitro groups is 1. The van der Waals surface area contributed by atoms with E-state index in [0.717, 1.165) is 18.8 Å². The normalized spacial score (nSPS) is 18.2. The number of carbonyl (C=O) groups excluding carboxylic acids is 1. The fraction of sp³-hybridized carbons (Fsp3) is 0.500. The molecule has 1 atom stereocenters. The first-order valence-corrected chi connectivity index (χ1v) is 6.46. The number of nitrogens with one attached hydrogen (secondary N) is 1. The second-order valence-electron chi connectivity index (χ2n) is 4.76. The van der Waals surface area contributed by atoms with Gasteiger partial charge in [0, 0.05) is 32.7 Å². The second-order valence-corrected chi connectivity index (χ2v) is 4.76. The van der Waals surface area contributed by atoms with Crippen LogP contribution in [0.1, 0.15) is 10.4 Å². The highest BCUT2D eigenvalue weighted by Gasteiger charge is 2.22. The van der Waals surface area contributed by atoms with Crippen molar-refractivity contribution in [1.29, 1.82) is 0 Å². The molecule has 1 aliphatic rings. The van der Waals surface area contributed by atoms with Gasteiger partial charge < -0.3 is 20.7 Å². The summed E-state index contributed by atoms with van der Waals surface area (Å²) >= 11 is 0. The number of hydrogen-bond donors (Lipinski definition) is 2. The van der Waals surface area contributed by atoms with Crippen LogP contribution in [0, 0.1) is 10.1 Å². The number of rotatable bonds is 5. The zero-order valence-electron chi connectivity index (χ0n) is 11.6. The number of nitrogens with zero attached hydrogens (tertiary/aromatic N) is 3. The van der Waals surface area contributed by atoms with Gasteiger partial charge in [-0.1, -0.05) is 0 Å². The molecule has 0 saturated carbocycles. The average molecular weight is 295 g/mol. The molecule has 0 aromatic carbocycles. The number of anilines is 1. The molecule has 1 aromatic rings. The minimum Gasteiger partial charge on any atom is -0.374 e. The minimum absolute atomic E-state index is 0.0236. The summed E-state index contributed by atoms with van der Waals surface area (Å²) in [6.45, 7) is 2.62. The minimum atomic E-state index is -0.754. The van der Waals surface area contributed by atoms with E-state index in [9.17, 15) is 14.9 Å². The van der Waals surface area contributed by atoms with Gasteiger partial charge in [-0.2, -0.15) is 0 Å². The summed E-state index contributed by atoms with van der Waals surface area (Å²) in [4.78, 5) is 27.3. The highest BCUT2D eigenvalue weighted by atomic mass is 16.6. The Bertz CT molecular complexity index is 544. The highest BCUT2D eigenvalue weighted by molar-refractivity contribution is 5.98. The summed E-state index contributed by atoms with van der Waals surface area (Å²) < 4.78 is 5.58. The molecule has 1 amide bonds. The largest absolute Gasteiger partial charge is 0.374 e. The van der Waals surface area contributed by atoms with Crippen LogP contribution in [-0.4, -0.2) is 55.2 Å². The Morgan fingerprint density at radius 2 is 2.48 bits per heavy atom. The monoisotopic (exact) mass is 295 g/mol. The van der Waals surface area contributed by atoms with Crippen molar-refractivity contribution in [3.05, 3.63) is 27.9 Å². The van der Waals surface area contributed by atoms with Gasteiger partial charge in [-0.25, -0.2) is 4.98 Å². The Kier molecular flexibility index (Phi) is 4.66. The van der Waals surface area contributed by atoms with Crippen molar-refractivity contribution >= 4 is 17.4 Å². The highest BCUT2D eigenvalue weighted by Crippen LogP contribution is 2.21. The number of ether oxygens (including phenoxy) is 1. The van der Waals surface area contributed by atoms with Gasteiger partial charge in [0.25, 0.3) is 11.6 Å². The van der Waals surface area contributed by atoms with E-state index in [1.165, 1.54) is 0 Å². The number of primary amides is 1. The zero-order chi connectivity index (χ0) is 15.4. The molecule has 1 aliphatic heterocycles. The first kappa shape index (κ1) is 15.1. The quantitative estimate of drug-likeness (QED) is 0.555. The third-order valence-corrected chi connectivity index (χ3v) is 3.17. The van der Waals surface area contributed by atoms with Crippen molar-refractivity contribution in [3.63, 3.8) is 0 Å². The van der Waals surface area contributed by atoms with Gasteiger partial charge >= 0.3 is 0 Å². The average Bonchev–Trinajstić information content (AvgIpc) is 2.47. The summed E-state index contributed by atoms with van der Waals surface area (Å²) in [7, 11) is 1.73. The molecule has 114 valence electrons. The van der Waals surface area contributed by atoms with Crippen LogP contribution in [0.25, 0.3) is 0 Å². The maximum atomic E-state index is 11.5. The van der Waals surface area contributed by atoms with Crippen LogP contribution >= 0.6 is 0 Å². The molecule has 9 nitrogen and oxygen atoms in total. The molecule has 9 heteroatoms. The van der Waals surface area contributed by atoms with Crippen molar-refractivity contribution in [1.82, 2.24) is 10.3 Å². The molecule has 0 spiro atoms. The Hall–Kier alpha value is -2.26. The van der Waals surface area contributed by atoms with Gasteiger partial charge in [-0.3, -0.25) is 14.9 Å². The lowest BCUT2D eigenvalue weighted by atomic mass is 10.2. The Balaban J connectivity index is 2.20. The molecule has 0 bridgehead atoms. The smallest absolute Gasteiger partial charge is 0.288 e. The maximum Gasteiger partial charge on any atom is 0.288 e. The van der Waals surface area contributed by atoms with Crippen LogP contribution in [0.5, 0.6) is 0 Å². The van der Waals surface area contributed by atoms with Crippen LogP contribution in [0.3, 0.4) is 0 Å². The number of pyridine rings is 1. The van der Waals surface area contributed by atoms with Crippen molar-refractivity contribution < 1.29 is 14.5 Å². The summed E-state index contributed by atoms with van der Waals surface area (Å²) in [6.07, 6.45) is 1.07. The van der Waals surface area contributed by atoms with Crippen LogP contribution < -0.4 is 16.0 Å².